The number of benzene rings is 1. The third kappa shape index (κ3) is 4.26. The number of hydrogen-bond acceptors (Lipinski definition) is 5. The zero-order chi connectivity index (χ0) is 20.6. The normalized spacial score (nSPS) is 25.6. The minimum Gasteiger partial charge on any atom is -0.486 e. The van der Waals surface area contributed by atoms with Gasteiger partial charge in [-0.15, -0.1) is 0 Å². The van der Waals surface area contributed by atoms with Crippen LogP contribution in [-0.2, 0) is 9.59 Å². The minimum absolute atomic E-state index is 0.0300. The molecule has 8 heteroatoms. The number of rotatable bonds is 2. The highest BCUT2D eigenvalue weighted by atomic mass is 35.5. The van der Waals surface area contributed by atoms with Crippen molar-refractivity contribution in [3.05, 3.63) is 28.8 Å². The summed E-state index contributed by atoms with van der Waals surface area (Å²) in [6, 6.07) is 5.01. The SMILES string of the molecule is O=C1C[C@]2(CCC(=O)N(CC(=O)N3CCC(O)CC3)CC2)Oc2ccc(Cl)cc21. The van der Waals surface area contributed by atoms with E-state index in [1.54, 1.807) is 28.0 Å². The molecule has 3 aliphatic heterocycles. The molecule has 1 spiro atoms. The molecule has 3 heterocycles. The highest BCUT2D eigenvalue weighted by Gasteiger charge is 2.43. The first-order chi connectivity index (χ1) is 13.8. The number of aliphatic hydroxyl groups is 1. The molecule has 2 saturated heterocycles. The van der Waals surface area contributed by atoms with Crippen LogP contribution in [0.25, 0.3) is 0 Å². The van der Waals surface area contributed by atoms with Gasteiger partial charge < -0.3 is 19.6 Å². The summed E-state index contributed by atoms with van der Waals surface area (Å²) in [6.07, 6.45) is 2.18. The molecule has 0 aliphatic carbocycles. The Labute approximate surface area is 174 Å². The van der Waals surface area contributed by atoms with Crippen molar-refractivity contribution in [1.82, 2.24) is 9.80 Å². The Morgan fingerprint density at radius 2 is 1.97 bits per heavy atom. The number of halogens is 1. The van der Waals surface area contributed by atoms with Crippen LogP contribution in [-0.4, -0.2) is 70.4 Å². The zero-order valence-electron chi connectivity index (χ0n) is 16.2. The van der Waals surface area contributed by atoms with E-state index in [9.17, 15) is 19.5 Å². The van der Waals surface area contributed by atoms with Crippen LogP contribution in [0, 0.1) is 0 Å². The van der Waals surface area contributed by atoms with E-state index in [0.29, 0.717) is 61.7 Å². The van der Waals surface area contributed by atoms with Crippen LogP contribution in [0.2, 0.25) is 5.02 Å². The molecule has 0 saturated carbocycles. The maximum absolute atomic E-state index is 12.7. The number of Topliss-reactive ketones (excluding diaryl/α,β-unsaturated/α-hetero) is 1. The van der Waals surface area contributed by atoms with Gasteiger partial charge in [0.05, 0.1) is 24.6 Å². The lowest BCUT2D eigenvalue weighted by Crippen LogP contribution is -2.47. The second-order valence-corrected chi connectivity index (χ2v) is 8.64. The van der Waals surface area contributed by atoms with E-state index in [-0.39, 0.29) is 43.1 Å². The third-order valence-corrected chi connectivity index (χ3v) is 6.41. The molecule has 1 N–H and O–H groups in total. The number of hydrogen-bond donors (Lipinski definition) is 1. The van der Waals surface area contributed by atoms with Gasteiger partial charge in [0.15, 0.2) is 5.78 Å². The Morgan fingerprint density at radius 1 is 1.21 bits per heavy atom. The first-order valence-corrected chi connectivity index (χ1v) is 10.5. The number of likely N-dealkylation sites (tertiary alicyclic amines) is 2. The Morgan fingerprint density at radius 3 is 2.72 bits per heavy atom. The zero-order valence-corrected chi connectivity index (χ0v) is 17.0. The van der Waals surface area contributed by atoms with Crippen LogP contribution >= 0.6 is 11.6 Å². The van der Waals surface area contributed by atoms with E-state index in [0.717, 1.165) is 0 Å². The first-order valence-electron chi connectivity index (χ1n) is 10.1. The van der Waals surface area contributed by atoms with Crippen LogP contribution in [0.4, 0.5) is 0 Å². The van der Waals surface area contributed by atoms with Crippen LogP contribution in [0.5, 0.6) is 5.75 Å². The molecule has 29 heavy (non-hydrogen) atoms. The van der Waals surface area contributed by atoms with E-state index in [4.69, 9.17) is 16.3 Å². The molecule has 0 radical (unpaired) electrons. The summed E-state index contributed by atoms with van der Waals surface area (Å²) in [5, 5.41) is 10.1. The summed E-state index contributed by atoms with van der Waals surface area (Å²) < 4.78 is 6.21. The average molecular weight is 421 g/mol. The van der Waals surface area contributed by atoms with Crippen molar-refractivity contribution in [3.63, 3.8) is 0 Å². The number of piperidine rings is 1. The maximum atomic E-state index is 12.7. The Kier molecular flexibility index (Phi) is 5.53. The number of aliphatic hydroxyl groups excluding tert-OH is 1. The van der Waals surface area contributed by atoms with Gasteiger partial charge in [0.1, 0.15) is 11.4 Å². The molecular weight excluding hydrogens is 396 g/mol. The van der Waals surface area contributed by atoms with Crippen molar-refractivity contribution in [2.24, 2.45) is 0 Å². The predicted octanol–water partition coefficient (Wildman–Crippen LogP) is 2.04. The van der Waals surface area contributed by atoms with Crippen molar-refractivity contribution in [2.75, 3.05) is 26.2 Å². The number of ether oxygens (including phenoxy) is 1. The van der Waals surface area contributed by atoms with E-state index < -0.39 is 5.60 Å². The van der Waals surface area contributed by atoms with E-state index in [1.807, 2.05) is 0 Å². The molecule has 1 atom stereocenters. The molecule has 156 valence electrons. The molecule has 3 aliphatic rings. The number of nitrogens with zero attached hydrogens (tertiary/aromatic N) is 2. The first kappa shape index (κ1) is 20.2. The molecule has 0 unspecified atom stereocenters. The summed E-state index contributed by atoms with van der Waals surface area (Å²) in [4.78, 5) is 41.2. The Balaban J connectivity index is 1.43. The fourth-order valence-corrected chi connectivity index (χ4v) is 4.54. The van der Waals surface area contributed by atoms with Crippen LogP contribution in [0.3, 0.4) is 0 Å². The van der Waals surface area contributed by atoms with Crippen molar-refractivity contribution in [3.8, 4) is 5.75 Å². The molecule has 7 nitrogen and oxygen atoms in total. The van der Waals surface area contributed by atoms with Crippen LogP contribution < -0.4 is 4.74 Å². The van der Waals surface area contributed by atoms with Gasteiger partial charge in [0, 0.05) is 37.5 Å². The summed E-state index contributed by atoms with van der Waals surface area (Å²) in [6.45, 7) is 1.44. The Bertz CT molecular complexity index is 836. The molecule has 2 amide bonds. The molecule has 0 bridgehead atoms. The quantitative estimate of drug-likeness (QED) is 0.791. The molecule has 4 rings (SSSR count). The lowest BCUT2D eigenvalue weighted by Gasteiger charge is -2.37. The minimum atomic E-state index is -0.722. The summed E-state index contributed by atoms with van der Waals surface area (Å²) in [5.41, 5.74) is -0.237. The van der Waals surface area contributed by atoms with Crippen LogP contribution in [0.1, 0.15) is 48.9 Å². The van der Waals surface area contributed by atoms with Crippen molar-refractivity contribution in [2.45, 2.75) is 50.2 Å². The lowest BCUT2D eigenvalue weighted by molar-refractivity contribution is -0.141. The smallest absolute Gasteiger partial charge is 0.242 e. The van der Waals surface area contributed by atoms with Gasteiger partial charge in [-0.1, -0.05) is 11.6 Å². The topological polar surface area (TPSA) is 87.2 Å². The number of carbonyl (C=O) groups is 3. The lowest BCUT2D eigenvalue weighted by atomic mass is 9.84. The molecule has 2 fully saturated rings. The second kappa shape index (κ2) is 7.95. The monoisotopic (exact) mass is 420 g/mol. The standard InChI is InChI=1S/C21H25ClN2O5/c22-14-1-2-18-16(11-14)17(26)12-21(29-18)6-3-19(27)24(10-7-21)13-20(28)23-8-4-15(25)5-9-23/h1-2,11,15,25H,3-10,12-13H2/t21-/m1/s1. The fourth-order valence-electron chi connectivity index (χ4n) is 4.37. The predicted molar refractivity (Wildman–Crippen MR) is 106 cm³/mol. The summed E-state index contributed by atoms with van der Waals surface area (Å²) in [5.74, 6) is 0.291. The molecule has 1 aromatic rings. The second-order valence-electron chi connectivity index (χ2n) is 8.20. The highest BCUT2D eigenvalue weighted by Crippen LogP contribution is 2.40. The molecule has 0 aromatic heterocycles. The number of fused-ring (bicyclic) bond motifs is 1. The molecular formula is C21H25ClN2O5. The van der Waals surface area contributed by atoms with Gasteiger partial charge in [-0.05, 0) is 37.5 Å². The van der Waals surface area contributed by atoms with Gasteiger partial charge in [0.25, 0.3) is 0 Å². The third-order valence-electron chi connectivity index (χ3n) is 6.18. The highest BCUT2D eigenvalue weighted by molar-refractivity contribution is 6.31. The van der Waals surface area contributed by atoms with Crippen molar-refractivity contribution < 1.29 is 24.2 Å². The average Bonchev–Trinajstić information content (AvgIpc) is 2.83. The molecule has 1 aromatic carbocycles. The van der Waals surface area contributed by atoms with E-state index in [2.05, 4.69) is 0 Å². The fraction of sp³-hybridized carbons (Fsp3) is 0.571. The van der Waals surface area contributed by atoms with Gasteiger partial charge in [-0.25, -0.2) is 0 Å². The maximum Gasteiger partial charge on any atom is 0.242 e. The van der Waals surface area contributed by atoms with Gasteiger partial charge in [0.2, 0.25) is 11.8 Å². The summed E-state index contributed by atoms with van der Waals surface area (Å²) >= 11 is 6.00. The van der Waals surface area contributed by atoms with Gasteiger partial charge >= 0.3 is 0 Å². The Hall–Kier alpha value is -2.12. The van der Waals surface area contributed by atoms with E-state index >= 15 is 0 Å². The largest absolute Gasteiger partial charge is 0.486 e. The number of carbonyl (C=O) groups excluding carboxylic acids is 3. The van der Waals surface area contributed by atoms with E-state index in [1.165, 1.54) is 0 Å². The van der Waals surface area contributed by atoms with Gasteiger partial charge in [-0.2, -0.15) is 0 Å². The summed E-state index contributed by atoms with van der Waals surface area (Å²) in [7, 11) is 0. The van der Waals surface area contributed by atoms with Gasteiger partial charge in [-0.3, -0.25) is 14.4 Å². The van der Waals surface area contributed by atoms with Crippen molar-refractivity contribution >= 4 is 29.2 Å². The van der Waals surface area contributed by atoms with Crippen LogP contribution in [0.15, 0.2) is 18.2 Å². The van der Waals surface area contributed by atoms with Crippen molar-refractivity contribution in [1.29, 1.82) is 0 Å². The number of amides is 2. The number of ketones is 1.